The summed E-state index contributed by atoms with van der Waals surface area (Å²) in [6, 6.07) is 11.4. The number of para-hydroxylation sites is 1. The van der Waals surface area contributed by atoms with Gasteiger partial charge in [-0.25, -0.2) is 14.3 Å². The van der Waals surface area contributed by atoms with E-state index in [-0.39, 0.29) is 29.2 Å². The first-order chi connectivity index (χ1) is 18.5. The summed E-state index contributed by atoms with van der Waals surface area (Å²) in [6.07, 6.45) is 8.38. The summed E-state index contributed by atoms with van der Waals surface area (Å²) in [5, 5.41) is 16.2. The number of hydrogen-bond acceptors (Lipinski definition) is 5. The van der Waals surface area contributed by atoms with E-state index in [1.54, 1.807) is 24.6 Å². The van der Waals surface area contributed by atoms with E-state index in [9.17, 15) is 19.5 Å². The minimum Gasteiger partial charge on any atom is -0.480 e. The third-order valence-corrected chi connectivity index (χ3v) is 7.36. The van der Waals surface area contributed by atoms with E-state index in [0.717, 1.165) is 48.6 Å². The number of rotatable bonds is 7. The molecular formula is C28H27N5O5. The van der Waals surface area contributed by atoms with Crippen molar-refractivity contribution < 1.29 is 19.1 Å². The molecule has 0 aliphatic heterocycles. The number of aliphatic carboxylic acids is 1. The third-order valence-electron chi connectivity index (χ3n) is 7.36. The molecule has 4 heterocycles. The highest BCUT2D eigenvalue weighted by atomic mass is 16.4. The second-order valence-corrected chi connectivity index (χ2v) is 9.78. The van der Waals surface area contributed by atoms with Crippen molar-refractivity contribution in [3.8, 4) is 11.5 Å². The number of carboxylic acid groups (broad SMARTS) is 1. The van der Waals surface area contributed by atoms with Crippen LogP contribution in [-0.2, 0) is 11.2 Å². The van der Waals surface area contributed by atoms with Gasteiger partial charge in [-0.1, -0.05) is 37.5 Å². The molecule has 10 nitrogen and oxygen atoms in total. The molecule has 0 bridgehead atoms. The van der Waals surface area contributed by atoms with E-state index in [1.165, 1.54) is 10.6 Å². The number of benzene rings is 1. The molecule has 0 saturated heterocycles. The van der Waals surface area contributed by atoms with Gasteiger partial charge in [-0.15, -0.1) is 0 Å². The molecule has 5 aromatic rings. The lowest BCUT2D eigenvalue weighted by atomic mass is 9.83. The molecule has 0 unspecified atom stereocenters. The lowest BCUT2D eigenvalue weighted by molar-refractivity contribution is -0.139. The number of aromatic nitrogens is 4. The standard InChI is InChI=1S/C28H27N5O5/c34-26(30-21(28(36)37)13-17-15-29-19-10-5-4-9-18(17)19)20-14-23-31-25(22-11-6-12-38-22)24(27(35)33(23)32-20)16-7-2-1-3-8-16/h4-6,9-12,14-16,21,29,32H,1-3,7-8,13H2,(H,30,34)(H,36,37)/t21-/m0/s1. The first kappa shape index (κ1) is 23.8. The molecule has 1 atom stereocenters. The summed E-state index contributed by atoms with van der Waals surface area (Å²) < 4.78 is 6.87. The van der Waals surface area contributed by atoms with Crippen molar-refractivity contribution in [3.63, 3.8) is 0 Å². The monoisotopic (exact) mass is 513 g/mol. The minimum atomic E-state index is -1.17. The van der Waals surface area contributed by atoms with Crippen molar-refractivity contribution in [3.05, 3.63) is 82.1 Å². The fourth-order valence-corrected chi connectivity index (χ4v) is 5.47. The summed E-state index contributed by atoms with van der Waals surface area (Å²) in [5.41, 5.74) is 2.76. The van der Waals surface area contributed by atoms with Crippen LogP contribution in [0.4, 0.5) is 0 Å². The summed E-state index contributed by atoms with van der Waals surface area (Å²) in [7, 11) is 0. The summed E-state index contributed by atoms with van der Waals surface area (Å²) >= 11 is 0. The number of hydrogen-bond donors (Lipinski definition) is 4. The smallest absolute Gasteiger partial charge is 0.326 e. The van der Waals surface area contributed by atoms with Gasteiger partial charge in [0.1, 0.15) is 17.4 Å². The zero-order valence-corrected chi connectivity index (χ0v) is 20.6. The highest BCUT2D eigenvalue weighted by Gasteiger charge is 2.28. The predicted octanol–water partition coefficient (Wildman–Crippen LogP) is 4.24. The second kappa shape index (κ2) is 9.70. The van der Waals surface area contributed by atoms with E-state index >= 15 is 0 Å². The van der Waals surface area contributed by atoms with Crippen LogP contribution in [0.2, 0.25) is 0 Å². The molecule has 10 heteroatoms. The Morgan fingerprint density at radius 1 is 1.16 bits per heavy atom. The predicted molar refractivity (Wildman–Crippen MR) is 140 cm³/mol. The molecule has 6 rings (SSSR count). The first-order valence-corrected chi connectivity index (χ1v) is 12.8. The number of fused-ring (bicyclic) bond motifs is 2. The first-order valence-electron chi connectivity index (χ1n) is 12.8. The van der Waals surface area contributed by atoms with Gasteiger partial charge in [0.25, 0.3) is 11.5 Å². The maximum absolute atomic E-state index is 13.7. The van der Waals surface area contributed by atoms with Crippen molar-refractivity contribution in [1.29, 1.82) is 0 Å². The highest BCUT2D eigenvalue weighted by Crippen LogP contribution is 2.35. The summed E-state index contributed by atoms with van der Waals surface area (Å²) in [5.74, 6) is -1.24. The van der Waals surface area contributed by atoms with Crippen LogP contribution in [0.1, 0.15) is 59.6 Å². The van der Waals surface area contributed by atoms with Gasteiger partial charge in [-0.05, 0) is 42.5 Å². The molecule has 4 N–H and O–H groups in total. The number of nitrogens with one attached hydrogen (secondary N) is 3. The number of carbonyl (C=O) groups excluding carboxylic acids is 1. The fourth-order valence-electron chi connectivity index (χ4n) is 5.47. The van der Waals surface area contributed by atoms with Gasteiger partial charge in [-0.2, -0.15) is 0 Å². The number of carboxylic acids is 1. The Labute approximate surface area is 216 Å². The van der Waals surface area contributed by atoms with Crippen LogP contribution in [0, 0.1) is 0 Å². The Morgan fingerprint density at radius 3 is 2.74 bits per heavy atom. The Balaban J connectivity index is 1.33. The van der Waals surface area contributed by atoms with Crippen LogP contribution in [0.25, 0.3) is 28.0 Å². The minimum absolute atomic E-state index is 0.0472. The molecule has 1 saturated carbocycles. The molecule has 194 valence electrons. The van der Waals surface area contributed by atoms with Gasteiger partial charge >= 0.3 is 5.97 Å². The number of furan rings is 1. The van der Waals surface area contributed by atoms with Crippen molar-refractivity contribution >= 4 is 28.4 Å². The van der Waals surface area contributed by atoms with Crippen molar-refractivity contribution in [2.45, 2.75) is 50.5 Å². The number of nitrogens with zero attached hydrogens (tertiary/aromatic N) is 2. The molecule has 1 aliphatic carbocycles. The van der Waals surface area contributed by atoms with Crippen molar-refractivity contribution in [2.75, 3.05) is 0 Å². The van der Waals surface area contributed by atoms with Gasteiger partial charge < -0.3 is 19.8 Å². The molecule has 1 aliphatic rings. The number of carbonyl (C=O) groups is 2. The van der Waals surface area contributed by atoms with Crippen LogP contribution in [-0.4, -0.2) is 42.6 Å². The topological polar surface area (TPSA) is 145 Å². The Bertz CT molecular complexity index is 1690. The third kappa shape index (κ3) is 4.27. The molecule has 0 spiro atoms. The molecule has 4 aromatic heterocycles. The van der Waals surface area contributed by atoms with Gasteiger partial charge in [0.2, 0.25) is 0 Å². The van der Waals surface area contributed by atoms with Crippen LogP contribution >= 0.6 is 0 Å². The Hall–Kier alpha value is -4.60. The van der Waals surface area contributed by atoms with Crippen LogP contribution in [0.5, 0.6) is 0 Å². The van der Waals surface area contributed by atoms with Crippen LogP contribution in [0.3, 0.4) is 0 Å². The van der Waals surface area contributed by atoms with E-state index in [0.29, 0.717) is 17.0 Å². The normalized spacial score (nSPS) is 15.2. The van der Waals surface area contributed by atoms with Gasteiger partial charge in [-0.3, -0.25) is 14.7 Å². The lowest BCUT2D eigenvalue weighted by Gasteiger charge is -2.22. The van der Waals surface area contributed by atoms with E-state index in [2.05, 4.69) is 15.4 Å². The number of H-pyrrole nitrogens is 2. The second-order valence-electron chi connectivity index (χ2n) is 9.78. The quantitative estimate of drug-likeness (QED) is 0.256. The van der Waals surface area contributed by atoms with E-state index < -0.39 is 17.9 Å². The molecule has 1 amide bonds. The van der Waals surface area contributed by atoms with Gasteiger partial charge in [0.05, 0.1) is 11.8 Å². The van der Waals surface area contributed by atoms with E-state index in [1.807, 2.05) is 24.3 Å². The molecule has 1 aromatic carbocycles. The average Bonchev–Trinajstić information content (AvgIpc) is 3.69. The van der Waals surface area contributed by atoms with Crippen molar-refractivity contribution in [2.24, 2.45) is 0 Å². The Morgan fingerprint density at radius 2 is 1.97 bits per heavy atom. The highest BCUT2D eigenvalue weighted by molar-refractivity contribution is 5.96. The van der Waals surface area contributed by atoms with Crippen LogP contribution in [0.15, 0.2) is 64.1 Å². The SMILES string of the molecule is O=C(N[C@@H](Cc1c[nH]c2ccccc12)C(=O)O)c1cc2nc(-c3ccco3)c(C3CCCCC3)c(=O)n2[nH]1. The fraction of sp³-hybridized carbons (Fsp3) is 0.286. The molecule has 0 radical (unpaired) electrons. The summed E-state index contributed by atoms with van der Waals surface area (Å²) in [6.45, 7) is 0. The largest absolute Gasteiger partial charge is 0.480 e. The van der Waals surface area contributed by atoms with Gasteiger partial charge in [0.15, 0.2) is 11.4 Å². The maximum atomic E-state index is 13.7. The van der Waals surface area contributed by atoms with Crippen molar-refractivity contribution in [1.82, 2.24) is 24.9 Å². The molecule has 38 heavy (non-hydrogen) atoms. The maximum Gasteiger partial charge on any atom is 0.326 e. The lowest BCUT2D eigenvalue weighted by Crippen LogP contribution is -2.42. The van der Waals surface area contributed by atoms with E-state index in [4.69, 9.17) is 9.40 Å². The Kier molecular flexibility index (Phi) is 6.07. The molecule has 1 fully saturated rings. The zero-order chi connectivity index (χ0) is 26.2. The number of amides is 1. The van der Waals surface area contributed by atoms with Crippen LogP contribution < -0.4 is 10.9 Å². The summed E-state index contributed by atoms with van der Waals surface area (Å²) in [4.78, 5) is 46.7. The zero-order valence-electron chi connectivity index (χ0n) is 20.6. The average molecular weight is 514 g/mol. The number of aromatic amines is 2. The van der Waals surface area contributed by atoms with Gasteiger partial charge in [0, 0.05) is 29.6 Å². The molecular weight excluding hydrogens is 486 g/mol.